The Balaban J connectivity index is 1.24. The van der Waals surface area contributed by atoms with Crippen molar-refractivity contribution >= 4 is 33.6 Å². The van der Waals surface area contributed by atoms with Gasteiger partial charge in [0.05, 0.1) is 13.1 Å². The molecule has 0 fully saturated rings. The van der Waals surface area contributed by atoms with Crippen LogP contribution in [0.1, 0.15) is 41.8 Å². The Morgan fingerprint density at radius 1 is 0.697 bits per heavy atom. The van der Waals surface area contributed by atoms with Crippen molar-refractivity contribution in [2.75, 3.05) is 0 Å². The summed E-state index contributed by atoms with van der Waals surface area (Å²) < 4.78 is 4.26. The van der Waals surface area contributed by atoms with Gasteiger partial charge < -0.3 is 19.8 Å². The van der Waals surface area contributed by atoms with E-state index in [2.05, 4.69) is 57.9 Å². The Morgan fingerprint density at radius 3 is 1.48 bits per heavy atom. The van der Waals surface area contributed by atoms with Crippen molar-refractivity contribution in [1.82, 2.24) is 19.8 Å². The number of nitrogens with one attached hydrogen (secondary N) is 2. The molecule has 2 aromatic heterocycles. The van der Waals surface area contributed by atoms with Crippen LogP contribution in [-0.2, 0) is 36.8 Å². The van der Waals surface area contributed by atoms with Crippen LogP contribution >= 0.6 is 0 Å². The van der Waals surface area contributed by atoms with Crippen molar-refractivity contribution in [3.63, 3.8) is 0 Å². The summed E-state index contributed by atoms with van der Waals surface area (Å²) in [6.45, 7) is 5.15. The van der Waals surface area contributed by atoms with Crippen LogP contribution in [0.2, 0.25) is 0 Å². The van der Waals surface area contributed by atoms with Crippen LogP contribution in [0.15, 0.2) is 48.5 Å². The van der Waals surface area contributed by atoms with E-state index in [1.807, 2.05) is 38.4 Å². The zero-order valence-electron chi connectivity index (χ0n) is 19.9. The van der Waals surface area contributed by atoms with Crippen molar-refractivity contribution in [3.8, 4) is 0 Å². The number of amides is 2. The van der Waals surface area contributed by atoms with E-state index in [9.17, 15) is 9.59 Å². The van der Waals surface area contributed by atoms with Crippen LogP contribution in [0.4, 0.5) is 0 Å². The standard InChI is InChI=1S/C27H32N4O2/c1-18-20-10-5-7-12-22(20)30(3)24(18)16-28-26(32)14-9-15-27(33)29-17-25-19(2)21-11-6-8-13-23(21)31(25)4/h5-8,10-13H,9,14-17H2,1-4H3,(H,28,32)(H,29,33). The molecular formula is C27H32N4O2. The topological polar surface area (TPSA) is 68.1 Å². The maximum atomic E-state index is 12.3. The number of benzene rings is 2. The minimum absolute atomic E-state index is 0.0306. The molecule has 0 unspecified atom stereocenters. The number of carbonyl (C=O) groups excluding carboxylic acids is 2. The normalized spacial score (nSPS) is 11.3. The van der Waals surface area contributed by atoms with Crippen LogP contribution in [0.25, 0.3) is 21.8 Å². The van der Waals surface area contributed by atoms with Gasteiger partial charge in [-0.15, -0.1) is 0 Å². The summed E-state index contributed by atoms with van der Waals surface area (Å²) in [5.41, 5.74) is 6.92. The largest absolute Gasteiger partial charge is 0.351 e. The van der Waals surface area contributed by atoms with E-state index < -0.39 is 0 Å². The highest BCUT2D eigenvalue weighted by Gasteiger charge is 2.14. The van der Waals surface area contributed by atoms with E-state index in [-0.39, 0.29) is 11.8 Å². The minimum Gasteiger partial charge on any atom is -0.351 e. The molecule has 0 saturated carbocycles. The predicted octanol–water partition coefficient (Wildman–Crippen LogP) is 4.39. The molecule has 0 saturated heterocycles. The summed E-state index contributed by atoms with van der Waals surface area (Å²) in [6.07, 6.45) is 1.20. The first-order chi connectivity index (χ1) is 15.9. The summed E-state index contributed by atoms with van der Waals surface area (Å²) in [5.74, 6) is -0.0611. The van der Waals surface area contributed by atoms with Gasteiger partial charge in [0.25, 0.3) is 0 Å². The van der Waals surface area contributed by atoms with Gasteiger partial charge in [-0.2, -0.15) is 0 Å². The van der Waals surface area contributed by atoms with E-state index in [1.54, 1.807) is 0 Å². The average molecular weight is 445 g/mol. The highest BCUT2D eigenvalue weighted by molar-refractivity contribution is 5.86. The fourth-order valence-electron chi connectivity index (χ4n) is 4.72. The van der Waals surface area contributed by atoms with Crippen LogP contribution in [0, 0.1) is 13.8 Å². The van der Waals surface area contributed by atoms with Crippen molar-refractivity contribution in [2.24, 2.45) is 14.1 Å². The van der Waals surface area contributed by atoms with Crippen molar-refractivity contribution in [1.29, 1.82) is 0 Å². The molecule has 4 aromatic rings. The molecule has 6 nitrogen and oxygen atoms in total. The van der Waals surface area contributed by atoms with E-state index >= 15 is 0 Å². The zero-order chi connectivity index (χ0) is 23.5. The molecule has 2 heterocycles. The second-order valence-corrected chi connectivity index (χ2v) is 8.70. The van der Waals surface area contributed by atoms with Crippen LogP contribution < -0.4 is 10.6 Å². The molecule has 0 aliphatic heterocycles. The zero-order valence-corrected chi connectivity index (χ0v) is 19.9. The molecule has 0 atom stereocenters. The number of nitrogens with zero attached hydrogens (tertiary/aromatic N) is 2. The summed E-state index contributed by atoms with van der Waals surface area (Å²) in [7, 11) is 4.05. The van der Waals surface area contributed by atoms with E-state index in [0.717, 1.165) is 22.4 Å². The fraction of sp³-hybridized carbons (Fsp3) is 0.333. The summed E-state index contributed by atoms with van der Waals surface area (Å²) in [6, 6.07) is 16.5. The van der Waals surface area contributed by atoms with E-state index in [4.69, 9.17) is 0 Å². The van der Waals surface area contributed by atoms with Crippen molar-refractivity contribution in [2.45, 2.75) is 46.2 Å². The number of rotatable bonds is 8. The second-order valence-electron chi connectivity index (χ2n) is 8.70. The maximum Gasteiger partial charge on any atom is 0.220 e. The Labute approximate surface area is 194 Å². The van der Waals surface area contributed by atoms with E-state index in [0.29, 0.717) is 32.4 Å². The van der Waals surface area contributed by atoms with Gasteiger partial charge in [0.1, 0.15) is 0 Å². The highest BCUT2D eigenvalue weighted by Crippen LogP contribution is 2.25. The molecule has 0 aliphatic rings. The van der Waals surface area contributed by atoms with Crippen LogP contribution in [0.3, 0.4) is 0 Å². The molecular weight excluding hydrogens is 412 g/mol. The lowest BCUT2D eigenvalue weighted by molar-refractivity contribution is -0.122. The number of aryl methyl sites for hydroxylation is 4. The molecule has 0 bridgehead atoms. The van der Waals surface area contributed by atoms with Gasteiger partial charge >= 0.3 is 0 Å². The molecule has 0 radical (unpaired) electrons. The van der Waals surface area contributed by atoms with E-state index in [1.165, 1.54) is 21.9 Å². The number of hydrogen-bond donors (Lipinski definition) is 2. The molecule has 33 heavy (non-hydrogen) atoms. The Kier molecular flexibility index (Phi) is 6.54. The lowest BCUT2D eigenvalue weighted by Crippen LogP contribution is -2.26. The quantitative estimate of drug-likeness (QED) is 0.423. The molecule has 172 valence electrons. The minimum atomic E-state index is -0.0306. The summed E-state index contributed by atoms with van der Waals surface area (Å²) in [4.78, 5) is 24.7. The number of para-hydroxylation sites is 2. The molecule has 2 N–H and O–H groups in total. The fourth-order valence-corrected chi connectivity index (χ4v) is 4.72. The van der Waals surface area contributed by atoms with Gasteiger partial charge in [0.2, 0.25) is 11.8 Å². The van der Waals surface area contributed by atoms with Crippen LogP contribution in [0.5, 0.6) is 0 Å². The van der Waals surface area contributed by atoms with Gasteiger partial charge in [0.15, 0.2) is 0 Å². The predicted molar refractivity (Wildman–Crippen MR) is 133 cm³/mol. The van der Waals surface area contributed by atoms with Crippen LogP contribution in [-0.4, -0.2) is 20.9 Å². The Hall–Kier alpha value is -3.54. The van der Waals surface area contributed by atoms with Crippen molar-refractivity contribution in [3.05, 3.63) is 71.0 Å². The Morgan fingerprint density at radius 2 is 1.09 bits per heavy atom. The molecule has 0 aliphatic carbocycles. The number of hydrogen-bond acceptors (Lipinski definition) is 2. The SMILES string of the molecule is Cc1c(CNC(=O)CCCC(=O)NCc2c(C)c3ccccc3n2C)n(C)c2ccccc12. The average Bonchev–Trinajstić information content (AvgIpc) is 3.21. The first-order valence-corrected chi connectivity index (χ1v) is 11.5. The lowest BCUT2D eigenvalue weighted by atomic mass is 10.1. The van der Waals surface area contributed by atoms with Gasteiger partial charge in [0, 0.05) is 60.1 Å². The second kappa shape index (κ2) is 9.53. The molecule has 6 heteroatoms. The van der Waals surface area contributed by atoms with Gasteiger partial charge in [-0.05, 0) is 43.5 Å². The summed E-state index contributed by atoms with van der Waals surface area (Å²) in [5, 5.41) is 8.44. The monoisotopic (exact) mass is 444 g/mol. The maximum absolute atomic E-state index is 12.3. The number of aromatic nitrogens is 2. The third-order valence-electron chi connectivity index (χ3n) is 6.73. The van der Waals surface area contributed by atoms with Gasteiger partial charge in [-0.3, -0.25) is 9.59 Å². The molecule has 2 aromatic carbocycles. The van der Waals surface area contributed by atoms with Crippen molar-refractivity contribution < 1.29 is 9.59 Å². The summed E-state index contributed by atoms with van der Waals surface area (Å²) >= 11 is 0. The number of fused-ring (bicyclic) bond motifs is 2. The lowest BCUT2D eigenvalue weighted by Gasteiger charge is -2.09. The molecule has 4 rings (SSSR count). The smallest absolute Gasteiger partial charge is 0.220 e. The molecule has 2 amide bonds. The van der Waals surface area contributed by atoms with Gasteiger partial charge in [-0.1, -0.05) is 36.4 Å². The third kappa shape index (κ3) is 4.51. The molecule has 0 spiro atoms. The first kappa shape index (κ1) is 22.6. The third-order valence-corrected chi connectivity index (χ3v) is 6.73. The number of carbonyl (C=O) groups is 2. The van der Waals surface area contributed by atoms with Gasteiger partial charge in [-0.25, -0.2) is 0 Å². The first-order valence-electron chi connectivity index (χ1n) is 11.5. The highest BCUT2D eigenvalue weighted by atomic mass is 16.2. The Bertz CT molecular complexity index is 1150.